The van der Waals surface area contributed by atoms with E-state index in [1.165, 1.54) is 4.31 Å². The summed E-state index contributed by atoms with van der Waals surface area (Å²) in [5, 5.41) is 2.76. The van der Waals surface area contributed by atoms with E-state index < -0.39 is 10.0 Å². The molecule has 7 heteroatoms. The number of hydrogen-bond acceptors (Lipinski definition) is 4. The first-order valence-corrected chi connectivity index (χ1v) is 8.61. The molecule has 1 fully saturated rings. The van der Waals surface area contributed by atoms with E-state index in [4.69, 9.17) is 0 Å². The lowest BCUT2D eigenvalue weighted by molar-refractivity contribution is -0.121. The Bertz CT molecular complexity index is 574. The van der Waals surface area contributed by atoms with Crippen molar-refractivity contribution in [3.63, 3.8) is 0 Å². The third kappa shape index (κ3) is 4.44. The Morgan fingerprint density at radius 3 is 2.67 bits per heavy atom. The summed E-state index contributed by atoms with van der Waals surface area (Å²) in [6.45, 7) is 1.53. The summed E-state index contributed by atoms with van der Waals surface area (Å²) in [6, 6.07) is 9.87. The number of nitrogens with one attached hydrogen (secondary N) is 1. The maximum Gasteiger partial charge on any atom is 0.235 e. The number of sulfonamides is 1. The molecule has 1 aromatic carbocycles. The Morgan fingerprint density at radius 2 is 2.05 bits per heavy atom. The molecule has 0 spiro atoms. The van der Waals surface area contributed by atoms with Crippen LogP contribution in [0.1, 0.15) is 6.42 Å². The summed E-state index contributed by atoms with van der Waals surface area (Å²) in [5.74, 6) is -0.0984. The van der Waals surface area contributed by atoms with E-state index in [-0.39, 0.29) is 18.2 Å². The fourth-order valence-corrected chi connectivity index (χ4v) is 3.73. The molecule has 1 saturated heterocycles. The number of likely N-dealkylation sites (N-methyl/N-ethyl adjacent to an activating group) is 1. The van der Waals surface area contributed by atoms with Gasteiger partial charge < -0.3 is 10.2 Å². The van der Waals surface area contributed by atoms with Gasteiger partial charge in [0.1, 0.15) is 0 Å². The molecule has 0 radical (unpaired) electrons. The van der Waals surface area contributed by atoms with Gasteiger partial charge in [0.25, 0.3) is 0 Å². The van der Waals surface area contributed by atoms with Gasteiger partial charge in [-0.3, -0.25) is 4.79 Å². The highest BCUT2D eigenvalue weighted by molar-refractivity contribution is 7.89. The van der Waals surface area contributed by atoms with E-state index in [0.29, 0.717) is 26.1 Å². The maximum atomic E-state index is 11.8. The summed E-state index contributed by atoms with van der Waals surface area (Å²) >= 11 is 0. The van der Waals surface area contributed by atoms with Crippen molar-refractivity contribution in [3.8, 4) is 0 Å². The van der Waals surface area contributed by atoms with Crippen molar-refractivity contribution in [2.75, 3.05) is 43.9 Å². The summed E-state index contributed by atoms with van der Waals surface area (Å²) in [5.41, 5.74) is 1.08. The second-order valence-electron chi connectivity index (χ2n) is 5.11. The standard InChI is InChI=1S/C14H21N3O3S/c1-16(13-6-3-2-4-7-13)10-8-15-14(18)12-17-9-5-11-21(17,19)20/h2-4,6-7H,5,8-12H2,1H3,(H,15,18). The predicted octanol–water partition coefficient (Wildman–Crippen LogP) is 0.275. The van der Waals surface area contributed by atoms with Crippen LogP contribution in [0.25, 0.3) is 0 Å². The summed E-state index contributed by atoms with van der Waals surface area (Å²) in [4.78, 5) is 13.8. The fraction of sp³-hybridized carbons (Fsp3) is 0.500. The highest BCUT2D eigenvalue weighted by Crippen LogP contribution is 2.12. The number of hydrogen-bond donors (Lipinski definition) is 1. The fourth-order valence-electron chi connectivity index (χ4n) is 2.26. The molecule has 1 N–H and O–H groups in total. The van der Waals surface area contributed by atoms with E-state index in [1.54, 1.807) is 0 Å². The van der Waals surface area contributed by atoms with Gasteiger partial charge in [-0.05, 0) is 18.6 Å². The second kappa shape index (κ2) is 6.91. The molecular formula is C14H21N3O3S. The molecule has 21 heavy (non-hydrogen) atoms. The van der Waals surface area contributed by atoms with E-state index in [2.05, 4.69) is 5.32 Å². The van der Waals surface area contributed by atoms with Crippen LogP contribution in [-0.2, 0) is 14.8 Å². The highest BCUT2D eigenvalue weighted by Gasteiger charge is 2.29. The summed E-state index contributed by atoms with van der Waals surface area (Å²) in [7, 11) is -1.25. The van der Waals surface area contributed by atoms with Gasteiger partial charge in [-0.25, -0.2) is 8.42 Å². The summed E-state index contributed by atoms with van der Waals surface area (Å²) < 4.78 is 24.5. The van der Waals surface area contributed by atoms with Crippen LogP contribution in [0, 0.1) is 0 Å². The van der Waals surface area contributed by atoms with Gasteiger partial charge in [0.05, 0.1) is 12.3 Å². The molecule has 1 aromatic rings. The van der Waals surface area contributed by atoms with Gasteiger partial charge in [0.15, 0.2) is 0 Å². The minimum absolute atomic E-state index is 0.0720. The molecular weight excluding hydrogens is 290 g/mol. The zero-order valence-corrected chi connectivity index (χ0v) is 13.0. The van der Waals surface area contributed by atoms with Crippen LogP contribution in [0.2, 0.25) is 0 Å². The molecule has 0 aliphatic carbocycles. The molecule has 1 heterocycles. The van der Waals surface area contributed by atoms with Gasteiger partial charge in [-0.2, -0.15) is 4.31 Å². The van der Waals surface area contributed by atoms with Crippen molar-refractivity contribution in [1.29, 1.82) is 0 Å². The second-order valence-corrected chi connectivity index (χ2v) is 7.20. The van der Waals surface area contributed by atoms with Crippen molar-refractivity contribution in [2.45, 2.75) is 6.42 Å². The largest absolute Gasteiger partial charge is 0.373 e. The van der Waals surface area contributed by atoms with Crippen molar-refractivity contribution >= 4 is 21.6 Å². The van der Waals surface area contributed by atoms with E-state index in [0.717, 1.165) is 5.69 Å². The first kappa shape index (κ1) is 15.8. The van der Waals surface area contributed by atoms with E-state index in [1.807, 2.05) is 42.3 Å². The smallest absolute Gasteiger partial charge is 0.235 e. The average molecular weight is 311 g/mol. The third-order valence-electron chi connectivity index (χ3n) is 3.49. The van der Waals surface area contributed by atoms with Gasteiger partial charge in [0, 0.05) is 32.4 Å². The lowest BCUT2D eigenvalue weighted by atomic mass is 10.3. The quantitative estimate of drug-likeness (QED) is 0.819. The van der Waals surface area contributed by atoms with Crippen LogP contribution in [0.4, 0.5) is 5.69 Å². The van der Waals surface area contributed by atoms with Crippen LogP contribution in [0.5, 0.6) is 0 Å². The lowest BCUT2D eigenvalue weighted by Gasteiger charge is -2.20. The van der Waals surface area contributed by atoms with Crippen LogP contribution >= 0.6 is 0 Å². The molecule has 116 valence electrons. The van der Waals surface area contributed by atoms with E-state index >= 15 is 0 Å². The average Bonchev–Trinajstić information content (AvgIpc) is 2.78. The molecule has 0 atom stereocenters. The molecule has 0 aromatic heterocycles. The van der Waals surface area contributed by atoms with Gasteiger partial charge in [-0.1, -0.05) is 18.2 Å². The Labute approximate surface area is 125 Å². The number of benzene rings is 1. The number of para-hydroxylation sites is 1. The van der Waals surface area contributed by atoms with Crippen LogP contribution in [0.15, 0.2) is 30.3 Å². The predicted molar refractivity (Wildman–Crippen MR) is 82.7 cm³/mol. The summed E-state index contributed by atoms with van der Waals surface area (Å²) in [6.07, 6.45) is 0.604. The first-order valence-electron chi connectivity index (χ1n) is 7.00. The van der Waals surface area contributed by atoms with Crippen molar-refractivity contribution < 1.29 is 13.2 Å². The van der Waals surface area contributed by atoms with Gasteiger partial charge in [0.2, 0.25) is 15.9 Å². The molecule has 0 saturated carbocycles. The monoisotopic (exact) mass is 311 g/mol. The van der Waals surface area contributed by atoms with Crippen molar-refractivity contribution in [1.82, 2.24) is 9.62 Å². The number of carbonyl (C=O) groups excluding carboxylic acids is 1. The van der Waals surface area contributed by atoms with E-state index in [9.17, 15) is 13.2 Å². The Morgan fingerprint density at radius 1 is 1.33 bits per heavy atom. The molecule has 0 bridgehead atoms. The Hall–Kier alpha value is -1.60. The van der Waals surface area contributed by atoms with Crippen molar-refractivity contribution in [3.05, 3.63) is 30.3 Å². The molecule has 1 amide bonds. The topological polar surface area (TPSA) is 69.7 Å². The Kier molecular flexibility index (Phi) is 5.19. The van der Waals surface area contributed by atoms with Gasteiger partial charge in [-0.15, -0.1) is 0 Å². The van der Waals surface area contributed by atoms with Crippen LogP contribution < -0.4 is 10.2 Å². The molecule has 0 unspecified atom stereocenters. The van der Waals surface area contributed by atoms with Crippen LogP contribution in [-0.4, -0.2) is 57.6 Å². The highest BCUT2D eigenvalue weighted by atomic mass is 32.2. The molecule has 1 aliphatic heterocycles. The minimum atomic E-state index is -3.20. The molecule has 6 nitrogen and oxygen atoms in total. The number of anilines is 1. The number of nitrogens with zero attached hydrogens (tertiary/aromatic N) is 2. The normalized spacial score (nSPS) is 17.6. The van der Waals surface area contributed by atoms with Crippen LogP contribution in [0.3, 0.4) is 0 Å². The molecule has 1 aliphatic rings. The SMILES string of the molecule is CN(CCNC(=O)CN1CCCS1(=O)=O)c1ccccc1. The zero-order valence-electron chi connectivity index (χ0n) is 12.2. The first-order chi connectivity index (χ1) is 9.99. The zero-order chi connectivity index (χ0) is 15.3. The lowest BCUT2D eigenvalue weighted by Crippen LogP contribution is -2.40. The maximum absolute atomic E-state index is 11.8. The number of carbonyl (C=O) groups is 1. The van der Waals surface area contributed by atoms with Crippen molar-refractivity contribution in [2.24, 2.45) is 0 Å². The third-order valence-corrected chi connectivity index (χ3v) is 5.39. The number of rotatable bonds is 6. The molecule has 2 rings (SSSR count). The Balaban J connectivity index is 1.72. The van der Waals surface area contributed by atoms with Gasteiger partial charge >= 0.3 is 0 Å². The minimum Gasteiger partial charge on any atom is -0.373 e. The number of amides is 1.